The molecule has 5 nitrogen and oxygen atoms in total. The fraction of sp³-hybridized carbons (Fsp3) is 0.650. The van der Waals surface area contributed by atoms with Gasteiger partial charge < -0.3 is 20.5 Å². The van der Waals surface area contributed by atoms with Crippen LogP contribution in [0.25, 0.3) is 0 Å². The average molecular weight is 348 g/mol. The Hall–Kier alpha value is -1.75. The van der Waals surface area contributed by atoms with E-state index >= 15 is 0 Å². The van der Waals surface area contributed by atoms with Crippen LogP contribution in [0.4, 0.5) is 0 Å². The number of hydrogen-bond donors (Lipinski definition) is 3. The van der Waals surface area contributed by atoms with E-state index in [4.69, 9.17) is 9.73 Å². The summed E-state index contributed by atoms with van der Waals surface area (Å²) in [6.07, 6.45) is 7.09. The number of ether oxygens (including phenoxy) is 1. The van der Waals surface area contributed by atoms with Crippen LogP contribution < -0.4 is 15.4 Å². The maximum Gasteiger partial charge on any atom is 0.191 e. The zero-order chi connectivity index (χ0) is 18.0. The Labute approximate surface area is 151 Å². The van der Waals surface area contributed by atoms with E-state index in [1.54, 1.807) is 7.11 Å². The van der Waals surface area contributed by atoms with Crippen LogP contribution in [0.2, 0.25) is 0 Å². The van der Waals surface area contributed by atoms with E-state index in [9.17, 15) is 5.11 Å². The molecule has 1 fully saturated rings. The molecule has 0 spiro atoms. The molecule has 0 heterocycles. The molecule has 0 atom stereocenters. The lowest BCUT2D eigenvalue weighted by Crippen LogP contribution is -2.44. The van der Waals surface area contributed by atoms with E-state index in [-0.39, 0.29) is 12.0 Å². The highest BCUT2D eigenvalue weighted by Gasteiger charge is 2.31. The molecule has 3 N–H and O–H groups in total. The number of nitrogens with one attached hydrogen (secondary N) is 2. The summed E-state index contributed by atoms with van der Waals surface area (Å²) in [5, 5.41) is 16.3. The van der Waals surface area contributed by atoms with Gasteiger partial charge in [-0.2, -0.15) is 0 Å². The highest BCUT2D eigenvalue weighted by atomic mass is 16.5. The van der Waals surface area contributed by atoms with E-state index in [1.807, 2.05) is 18.2 Å². The summed E-state index contributed by atoms with van der Waals surface area (Å²) < 4.78 is 5.27. The van der Waals surface area contributed by atoms with E-state index in [0.717, 1.165) is 36.8 Å². The molecular formula is C20H33N3O2. The van der Waals surface area contributed by atoms with Crippen molar-refractivity contribution in [2.24, 2.45) is 10.4 Å². The van der Waals surface area contributed by atoms with Crippen LogP contribution in [0.5, 0.6) is 5.75 Å². The van der Waals surface area contributed by atoms with Crippen molar-refractivity contribution in [1.29, 1.82) is 0 Å². The second-order valence-corrected chi connectivity index (χ2v) is 6.93. The second-order valence-electron chi connectivity index (χ2n) is 6.93. The SMILES string of the molecule is CCNC(=NCc1cccc(OC)c1)NCC1(CCO)CCCCC1. The quantitative estimate of drug-likeness (QED) is 0.499. The van der Waals surface area contributed by atoms with Gasteiger partial charge in [-0.05, 0) is 49.3 Å². The van der Waals surface area contributed by atoms with Gasteiger partial charge in [0.15, 0.2) is 5.96 Å². The van der Waals surface area contributed by atoms with Crippen LogP contribution in [0, 0.1) is 5.41 Å². The predicted octanol–water partition coefficient (Wildman–Crippen LogP) is 3.08. The Morgan fingerprint density at radius 3 is 2.72 bits per heavy atom. The van der Waals surface area contributed by atoms with Gasteiger partial charge in [0, 0.05) is 19.7 Å². The van der Waals surface area contributed by atoms with Crippen LogP contribution in [0.15, 0.2) is 29.3 Å². The molecule has 0 aliphatic heterocycles. The van der Waals surface area contributed by atoms with E-state index in [1.165, 1.54) is 32.1 Å². The van der Waals surface area contributed by atoms with Gasteiger partial charge in [0.1, 0.15) is 5.75 Å². The number of aliphatic hydroxyl groups excluding tert-OH is 1. The maximum atomic E-state index is 9.47. The number of rotatable bonds is 8. The lowest BCUT2D eigenvalue weighted by Gasteiger charge is -2.37. The normalized spacial score (nSPS) is 17.2. The van der Waals surface area contributed by atoms with Crippen molar-refractivity contribution in [2.75, 3.05) is 26.8 Å². The van der Waals surface area contributed by atoms with Gasteiger partial charge in [0.05, 0.1) is 13.7 Å². The Bertz CT molecular complexity index is 534. The number of hydrogen-bond acceptors (Lipinski definition) is 3. The van der Waals surface area contributed by atoms with Gasteiger partial charge >= 0.3 is 0 Å². The molecule has 2 rings (SSSR count). The smallest absolute Gasteiger partial charge is 0.191 e. The molecule has 25 heavy (non-hydrogen) atoms. The first-order valence-corrected chi connectivity index (χ1v) is 9.47. The van der Waals surface area contributed by atoms with E-state index in [0.29, 0.717) is 6.54 Å². The second kappa shape index (κ2) is 10.3. The van der Waals surface area contributed by atoms with Crippen molar-refractivity contribution >= 4 is 5.96 Å². The molecule has 1 aromatic rings. The highest BCUT2D eigenvalue weighted by molar-refractivity contribution is 5.79. The summed E-state index contributed by atoms with van der Waals surface area (Å²) in [5.74, 6) is 1.70. The molecule has 5 heteroatoms. The number of benzene rings is 1. The first kappa shape index (κ1) is 19.6. The van der Waals surface area contributed by atoms with Crippen LogP contribution in [0.1, 0.15) is 51.0 Å². The van der Waals surface area contributed by atoms with Crippen LogP contribution in [-0.4, -0.2) is 37.9 Å². The molecule has 0 saturated heterocycles. The Balaban J connectivity index is 1.98. The summed E-state index contributed by atoms with van der Waals surface area (Å²) in [6, 6.07) is 8.01. The van der Waals surface area contributed by atoms with Crippen molar-refractivity contribution in [3.63, 3.8) is 0 Å². The summed E-state index contributed by atoms with van der Waals surface area (Å²) >= 11 is 0. The number of aliphatic hydroxyl groups is 1. The van der Waals surface area contributed by atoms with Crippen LogP contribution >= 0.6 is 0 Å². The number of methoxy groups -OCH3 is 1. The molecule has 0 amide bonds. The van der Waals surface area contributed by atoms with Crippen molar-refractivity contribution < 1.29 is 9.84 Å². The van der Waals surface area contributed by atoms with E-state index < -0.39 is 0 Å². The minimum atomic E-state index is 0.207. The van der Waals surface area contributed by atoms with Crippen molar-refractivity contribution in [3.8, 4) is 5.75 Å². The standard InChI is InChI=1S/C20H33N3O2/c1-3-21-19(22-15-17-8-7-9-18(14-17)25-2)23-16-20(12-13-24)10-5-4-6-11-20/h7-9,14,24H,3-6,10-13,15-16H2,1-2H3,(H2,21,22,23). The molecule has 0 bridgehead atoms. The lowest BCUT2D eigenvalue weighted by atomic mass is 9.72. The zero-order valence-corrected chi connectivity index (χ0v) is 15.7. The van der Waals surface area contributed by atoms with Crippen molar-refractivity contribution in [3.05, 3.63) is 29.8 Å². The molecular weight excluding hydrogens is 314 g/mol. The Morgan fingerprint density at radius 1 is 1.24 bits per heavy atom. The zero-order valence-electron chi connectivity index (χ0n) is 15.7. The predicted molar refractivity (Wildman–Crippen MR) is 103 cm³/mol. The van der Waals surface area contributed by atoms with Gasteiger partial charge in [0.25, 0.3) is 0 Å². The Kier molecular flexibility index (Phi) is 8.06. The summed E-state index contributed by atoms with van der Waals surface area (Å²) in [5.41, 5.74) is 1.33. The van der Waals surface area contributed by atoms with Crippen molar-refractivity contribution in [1.82, 2.24) is 10.6 Å². The molecule has 1 aliphatic carbocycles. The third kappa shape index (κ3) is 6.24. The lowest BCUT2D eigenvalue weighted by molar-refractivity contribution is 0.131. The average Bonchev–Trinajstić information content (AvgIpc) is 2.65. The van der Waals surface area contributed by atoms with Gasteiger partial charge in [-0.15, -0.1) is 0 Å². The first-order chi connectivity index (χ1) is 12.2. The monoisotopic (exact) mass is 347 g/mol. The highest BCUT2D eigenvalue weighted by Crippen LogP contribution is 2.38. The van der Waals surface area contributed by atoms with E-state index in [2.05, 4.69) is 23.6 Å². The third-order valence-electron chi connectivity index (χ3n) is 5.09. The first-order valence-electron chi connectivity index (χ1n) is 9.47. The summed E-state index contributed by atoms with van der Waals surface area (Å²) in [6.45, 7) is 4.65. The van der Waals surface area contributed by atoms with Gasteiger partial charge in [-0.25, -0.2) is 4.99 Å². The number of guanidine groups is 1. The number of aliphatic imine (C=N–C) groups is 1. The largest absolute Gasteiger partial charge is 0.497 e. The molecule has 0 aromatic heterocycles. The topological polar surface area (TPSA) is 65.9 Å². The minimum absolute atomic E-state index is 0.207. The molecule has 1 aliphatic rings. The molecule has 1 aromatic carbocycles. The molecule has 1 saturated carbocycles. The minimum Gasteiger partial charge on any atom is -0.497 e. The summed E-state index contributed by atoms with van der Waals surface area (Å²) in [7, 11) is 1.68. The Morgan fingerprint density at radius 2 is 2.04 bits per heavy atom. The fourth-order valence-electron chi connectivity index (χ4n) is 3.61. The maximum absolute atomic E-state index is 9.47. The van der Waals surface area contributed by atoms with Crippen LogP contribution in [-0.2, 0) is 6.54 Å². The molecule has 140 valence electrons. The number of nitrogens with zero attached hydrogens (tertiary/aromatic N) is 1. The van der Waals surface area contributed by atoms with Gasteiger partial charge in [0.2, 0.25) is 0 Å². The fourth-order valence-corrected chi connectivity index (χ4v) is 3.61. The van der Waals surface area contributed by atoms with Gasteiger partial charge in [-0.1, -0.05) is 31.4 Å². The van der Waals surface area contributed by atoms with Crippen LogP contribution in [0.3, 0.4) is 0 Å². The van der Waals surface area contributed by atoms with Gasteiger partial charge in [-0.3, -0.25) is 0 Å². The molecule has 0 radical (unpaired) electrons. The third-order valence-corrected chi connectivity index (χ3v) is 5.09. The summed E-state index contributed by atoms with van der Waals surface area (Å²) in [4.78, 5) is 4.71. The molecule has 0 unspecified atom stereocenters. The van der Waals surface area contributed by atoms with Crippen molar-refractivity contribution in [2.45, 2.75) is 52.0 Å².